The molecule has 0 bridgehead atoms. The summed E-state index contributed by atoms with van der Waals surface area (Å²) in [5.74, 6) is -0.439. The molecule has 1 aliphatic rings. The molecule has 1 rings (SSSR count). The van der Waals surface area contributed by atoms with E-state index in [-0.39, 0.29) is 5.70 Å². The van der Waals surface area contributed by atoms with Crippen LogP contribution < -0.4 is 11.1 Å². The van der Waals surface area contributed by atoms with Gasteiger partial charge in [-0.2, -0.15) is 0 Å². The first-order valence-corrected chi connectivity index (χ1v) is 2.86. The van der Waals surface area contributed by atoms with E-state index < -0.39 is 12.1 Å². The molecule has 0 fully saturated rings. The largest absolute Gasteiger partial charge is 0.396 e. The first-order chi connectivity index (χ1) is 4.75. The highest BCUT2D eigenvalue weighted by Crippen LogP contribution is 2.11. The number of allylic oxidation sites excluding steroid dienone is 2. The van der Waals surface area contributed by atoms with Crippen LogP contribution in [0.1, 0.15) is 0 Å². The highest BCUT2D eigenvalue weighted by Gasteiger charge is 2.15. The zero-order valence-corrected chi connectivity index (χ0v) is 5.60. The molecule has 0 saturated carbocycles. The van der Waals surface area contributed by atoms with Crippen LogP contribution in [-0.4, -0.2) is 13.3 Å². The Morgan fingerprint density at radius 3 is 3.00 bits per heavy atom. The van der Waals surface area contributed by atoms with Crippen molar-refractivity contribution in [1.29, 1.82) is 0 Å². The fourth-order valence-corrected chi connectivity index (χ4v) is 0.715. The van der Waals surface area contributed by atoms with E-state index in [0.29, 0.717) is 0 Å². The van der Waals surface area contributed by atoms with Crippen LogP contribution >= 0.6 is 0 Å². The maximum Gasteiger partial charge on any atom is 0.170 e. The number of ether oxygens (including phenoxy) is 1. The van der Waals surface area contributed by atoms with E-state index in [9.17, 15) is 4.39 Å². The molecule has 4 heteroatoms. The molecule has 0 saturated heterocycles. The van der Waals surface area contributed by atoms with E-state index in [1.165, 1.54) is 19.4 Å². The zero-order chi connectivity index (χ0) is 7.56. The summed E-state index contributed by atoms with van der Waals surface area (Å²) in [7, 11) is 1.46. The second-order valence-corrected chi connectivity index (χ2v) is 1.92. The molecule has 1 atom stereocenters. The number of dihydropyridines is 1. The van der Waals surface area contributed by atoms with Gasteiger partial charge in [0.2, 0.25) is 0 Å². The molecule has 1 unspecified atom stereocenters. The van der Waals surface area contributed by atoms with E-state index in [4.69, 9.17) is 10.5 Å². The zero-order valence-electron chi connectivity index (χ0n) is 5.60. The van der Waals surface area contributed by atoms with Crippen LogP contribution in [0.2, 0.25) is 0 Å². The standard InChI is InChI=1S/C6H9FN2O/c1-10-6-5(8)4(7)2-3-9-6/h2-3,6,9H,8H2,1H3. The molecule has 0 radical (unpaired) electrons. The monoisotopic (exact) mass is 144 g/mol. The van der Waals surface area contributed by atoms with Gasteiger partial charge in [-0.15, -0.1) is 0 Å². The average molecular weight is 144 g/mol. The highest BCUT2D eigenvalue weighted by atomic mass is 19.1. The quantitative estimate of drug-likeness (QED) is 0.553. The lowest BCUT2D eigenvalue weighted by Crippen LogP contribution is -2.34. The molecule has 56 valence electrons. The molecule has 0 aromatic heterocycles. The van der Waals surface area contributed by atoms with Crippen LogP contribution in [0.3, 0.4) is 0 Å². The van der Waals surface area contributed by atoms with Gasteiger partial charge in [-0.25, -0.2) is 4.39 Å². The van der Waals surface area contributed by atoms with E-state index in [1.807, 2.05) is 0 Å². The van der Waals surface area contributed by atoms with Crippen molar-refractivity contribution in [3.05, 3.63) is 23.8 Å². The van der Waals surface area contributed by atoms with Crippen LogP contribution in [0.25, 0.3) is 0 Å². The predicted molar refractivity (Wildman–Crippen MR) is 35.4 cm³/mol. The lowest BCUT2D eigenvalue weighted by molar-refractivity contribution is 0.110. The Morgan fingerprint density at radius 1 is 1.80 bits per heavy atom. The summed E-state index contributed by atoms with van der Waals surface area (Å²) in [5, 5.41) is 2.72. The number of hydrogen-bond acceptors (Lipinski definition) is 3. The minimum Gasteiger partial charge on any atom is -0.396 e. The van der Waals surface area contributed by atoms with E-state index in [2.05, 4.69) is 5.32 Å². The molecule has 3 nitrogen and oxygen atoms in total. The average Bonchev–Trinajstić information content (AvgIpc) is 1.95. The van der Waals surface area contributed by atoms with Crippen LogP contribution in [0.5, 0.6) is 0 Å². The summed E-state index contributed by atoms with van der Waals surface area (Å²) in [6.07, 6.45) is 2.19. The third-order valence-electron chi connectivity index (χ3n) is 1.27. The maximum absolute atomic E-state index is 12.6. The summed E-state index contributed by atoms with van der Waals surface area (Å²) in [6, 6.07) is 0. The van der Waals surface area contributed by atoms with Crippen molar-refractivity contribution in [3.8, 4) is 0 Å². The lowest BCUT2D eigenvalue weighted by atomic mass is 10.3. The van der Waals surface area contributed by atoms with Crippen LogP contribution in [-0.2, 0) is 4.74 Å². The number of halogens is 1. The van der Waals surface area contributed by atoms with Gasteiger partial charge in [0.1, 0.15) is 5.83 Å². The molecule has 0 amide bonds. The van der Waals surface area contributed by atoms with Crippen molar-refractivity contribution in [2.75, 3.05) is 7.11 Å². The van der Waals surface area contributed by atoms with Gasteiger partial charge in [0.05, 0.1) is 5.70 Å². The second-order valence-electron chi connectivity index (χ2n) is 1.92. The summed E-state index contributed by atoms with van der Waals surface area (Å²) in [6.45, 7) is 0. The molecule has 0 spiro atoms. The second kappa shape index (κ2) is 2.70. The van der Waals surface area contributed by atoms with Crippen molar-refractivity contribution in [2.45, 2.75) is 6.23 Å². The first kappa shape index (κ1) is 7.08. The van der Waals surface area contributed by atoms with Gasteiger partial charge in [0, 0.05) is 13.3 Å². The molecular formula is C6H9FN2O. The van der Waals surface area contributed by atoms with Gasteiger partial charge in [0.25, 0.3) is 0 Å². The predicted octanol–water partition coefficient (Wildman–Crippen LogP) is 0.216. The molecule has 0 aromatic rings. The maximum atomic E-state index is 12.6. The van der Waals surface area contributed by atoms with Crippen molar-refractivity contribution in [3.63, 3.8) is 0 Å². The molecule has 1 heterocycles. The minimum absolute atomic E-state index is 0.0880. The number of hydrogen-bond donors (Lipinski definition) is 2. The molecule has 1 aliphatic heterocycles. The van der Waals surface area contributed by atoms with Gasteiger partial charge in [-0.3, -0.25) is 0 Å². The Bertz CT molecular complexity index is 188. The Hall–Kier alpha value is -1.03. The topological polar surface area (TPSA) is 47.3 Å². The van der Waals surface area contributed by atoms with Gasteiger partial charge >= 0.3 is 0 Å². The molecule has 10 heavy (non-hydrogen) atoms. The smallest absolute Gasteiger partial charge is 0.170 e. The van der Waals surface area contributed by atoms with Crippen molar-refractivity contribution < 1.29 is 9.13 Å². The molecule has 3 N–H and O–H groups in total. The van der Waals surface area contributed by atoms with E-state index >= 15 is 0 Å². The summed E-state index contributed by atoms with van der Waals surface area (Å²) < 4.78 is 17.4. The van der Waals surface area contributed by atoms with Gasteiger partial charge in [-0.1, -0.05) is 0 Å². The number of nitrogens with one attached hydrogen (secondary N) is 1. The van der Waals surface area contributed by atoms with E-state index in [0.717, 1.165) is 0 Å². The van der Waals surface area contributed by atoms with Gasteiger partial charge in [0.15, 0.2) is 6.23 Å². The SMILES string of the molecule is COC1NC=CC(F)=C1N. The van der Waals surface area contributed by atoms with Crippen LogP contribution in [0.15, 0.2) is 23.8 Å². The van der Waals surface area contributed by atoms with E-state index in [1.54, 1.807) is 0 Å². The molecule has 0 aromatic carbocycles. The molecule has 0 aliphatic carbocycles. The highest BCUT2D eigenvalue weighted by molar-refractivity contribution is 5.23. The Morgan fingerprint density at radius 2 is 2.50 bits per heavy atom. The van der Waals surface area contributed by atoms with Crippen LogP contribution in [0.4, 0.5) is 4.39 Å². The van der Waals surface area contributed by atoms with Gasteiger partial charge < -0.3 is 15.8 Å². The molecular weight excluding hydrogens is 135 g/mol. The third-order valence-corrected chi connectivity index (χ3v) is 1.27. The summed E-state index contributed by atoms with van der Waals surface area (Å²) >= 11 is 0. The number of methoxy groups -OCH3 is 1. The van der Waals surface area contributed by atoms with Crippen molar-refractivity contribution in [1.82, 2.24) is 5.32 Å². The fraction of sp³-hybridized carbons (Fsp3) is 0.333. The fourth-order valence-electron chi connectivity index (χ4n) is 0.715. The first-order valence-electron chi connectivity index (χ1n) is 2.86. The Balaban J connectivity index is 2.77. The van der Waals surface area contributed by atoms with Crippen molar-refractivity contribution >= 4 is 0 Å². The summed E-state index contributed by atoms with van der Waals surface area (Å²) in [4.78, 5) is 0. The summed E-state index contributed by atoms with van der Waals surface area (Å²) in [5.41, 5.74) is 5.39. The lowest BCUT2D eigenvalue weighted by Gasteiger charge is -2.18. The van der Waals surface area contributed by atoms with Crippen LogP contribution in [0, 0.1) is 0 Å². The minimum atomic E-state index is -0.523. The third kappa shape index (κ3) is 1.11. The Labute approximate surface area is 58.3 Å². The number of nitrogens with two attached hydrogens (primary N) is 1. The Kier molecular flexibility index (Phi) is 1.91. The normalized spacial score (nSPS) is 24.8. The number of rotatable bonds is 1. The van der Waals surface area contributed by atoms with Crippen molar-refractivity contribution in [2.24, 2.45) is 5.73 Å². The van der Waals surface area contributed by atoms with Gasteiger partial charge in [-0.05, 0) is 6.08 Å².